The van der Waals surface area contributed by atoms with E-state index in [9.17, 15) is 0 Å². The standard InChI is InChI=1S/C19H21N2/c1-16-18(13-12-17-8-4-3-5-9-17)10-6-11-19(16)21-15-7-14-20(21)2/h3-11,14-15H,12-13H2,1-2H3/q+1. The second kappa shape index (κ2) is 5.96. The van der Waals surface area contributed by atoms with Gasteiger partial charge < -0.3 is 0 Å². The van der Waals surface area contributed by atoms with Crippen LogP contribution in [0.3, 0.4) is 0 Å². The molecule has 0 atom stereocenters. The molecule has 1 heterocycles. The summed E-state index contributed by atoms with van der Waals surface area (Å²) in [4.78, 5) is 0. The fourth-order valence-electron chi connectivity index (χ4n) is 2.78. The van der Waals surface area contributed by atoms with Gasteiger partial charge in [0.25, 0.3) is 0 Å². The number of aromatic nitrogens is 2. The summed E-state index contributed by atoms with van der Waals surface area (Å²) in [6, 6.07) is 19.3. The van der Waals surface area contributed by atoms with E-state index in [4.69, 9.17) is 0 Å². The zero-order valence-corrected chi connectivity index (χ0v) is 12.7. The van der Waals surface area contributed by atoms with Gasteiger partial charge >= 0.3 is 0 Å². The van der Waals surface area contributed by atoms with Crippen molar-refractivity contribution in [2.24, 2.45) is 7.05 Å². The Labute approximate surface area is 126 Å². The Morgan fingerprint density at radius 2 is 1.71 bits per heavy atom. The van der Waals surface area contributed by atoms with Crippen molar-refractivity contribution in [3.05, 3.63) is 83.7 Å². The van der Waals surface area contributed by atoms with Gasteiger partial charge in [-0.05, 0) is 42.5 Å². The molecule has 0 saturated heterocycles. The van der Waals surface area contributed by atoms with Gasteiger partial charge in [0.2, 0.25) is 0 Å². The molecule has 3 aromatic rings. The fraction of sp³-hybridized carbons (Fsp3) is 0.211. The number of benzene rings is 2. The average molecular weight is 277 g/mol. The van der Waals surface area contributed by atoms with Crippen LogP contribution in [-0.2, 0) is 19.9 Å². The third kappa shape index (κ3) is 2.89. The summed E-state index contributed by atoms with van der Waals surface area (Å²) in [5.41, 5.74) is 5.44. The van der Waals surface area contributed by atoms with Crippen LogP contribution in [0.1, 0.15) is 16.7 Å². The quantitative estimate of drug-likeness (QED) is 0.646. The van der Waals surface area contributed by atoms with E-state index in [0.717, 1.165) is 12.8 Å². The molecule has 21 heavy (non-hydrogen) atoms. The lowest BCUT2D eigenvalue weighted by Crippen LogP contribution is -2.37. The Hall–Kier alpha value is -2.35. The molecule has 2 heteroatoms. The average Bonchev–Trinajstić information content (AvgIpc) is 2.93. The summed E-state index contributed by atoms with van der Waals surface area (Å²) < 4.78 is 4.28. The molecule has 0 N–H and O–H groups in total. The smallest absolute Gasteiger partial charge is 0.128 e. The van der Waals surface area contributed by atoms with Gasteiger partial charge in [0.05, 0.1) is 6.20 Å². The third-order valence-corrected chi connectivity index (χ3v) is 4.06. The summed E-state index contributed by atoms with van der Waals surface area (Å²) in [5, 5.41) is 0. The summed E-state index contributed by atoms with van der Waals surface area (Å²) in [6.07, 6.45) is 6.33. The van der Waals surface area contributed by atoms with Crippen molar-refractivity contribution in [3.63, 3.8) is 0 Å². The molecule has 106 valence electrons. The largest absolute Gasteiger partial charge is 0.195 e. The molecular weight excluding hydrogens is 256 g/mol. The van der Waals surface area contributed by atoms with E-state index in [1.807, 2.05) is 0 Å². The monoisotopic (exact) mass is 277 g/mol. The molecule has 0 aliphatic rings. The van der Waals surface area contributed by atoms with Gasteiger partial charge in [0, 0.05) is 6.07 Å². The molecule has 3 rings (SSSR count). The number of hydrogen-bond acceptors (Lipinski definition) is 0. The summed E-state index contributed by atoms with van der Waals surface area (Å²) in [7, 11) is 2.07. The van der Waals surface area contributed by atoms with Gasteiger partial charge in [-0.15, -0.1) is 9.36 Å². The first-order valence-corrected chi connectivity index (χ1v) is 7.42. The van der Waals surface area contributed by atoms with Crippen LogP contribution >= 0.6 is 0 Å². The summed E-state index contributed by atoms with van der Waals surface area (Å²) >= 11 is 0. The maximum absolute atomic E-state index is 2.24. The fourth-order valence-corrected chi connectivity index (χ4v) is 2.78. The highest BCUT2D eigenvalue weighted by Crippen LogP contribution is 2.18. The molecule has 0 aliphatic heterocycles. The van der Waals surface area contributed by atoms with Crippen molar-refractivity contribution in [1.82, 2.24) is 4.68 Å². The van der Waals surface area contributed by atoms with E-state index in [2.05, 4.69) is 90.3 Å². The number of aryl methyl sites for hydroxylation is 3. The van der Waals surface area contributed by atoms with Crippen molar-refractivity contribution in [1.29, 1.82) is 0 Å². The molecule has 0 aliphatic carbocycles. The highest BCUT2D eigenvalue weighted by Gasteiger charge is 2.11. The Morgan fingerprint density at radius 1 is 0.905 bits per heavy atom. The maximum atomic E-state index is 2.24. The van der Waals surface area contributed by atoms with Crippen LogP contribution in [0.15, 0.2) is 67.0 Å². The van der Waals surface area contributed by atoms with Crippen LogP contribution in [0.2, 0.25) is 0 Å². The van der Waals surface area contributed by atoms with E-state index >= 15 is 0 Å². The van der Waals surface area contributed by atoms with Crippen LogP contribution < -0.4 is 4.68 Å². The lowest BCUT2D eigenvalue weighted by atomic mass is 9.99. The van der Waals surface area contributed by atoms with Gasteiger partial charge in [0.1, 0.15) is 5.69 Å². The van der Waals surface area contributed by atoms with Gasteiger partial charge in [-0.25, -0.2) is 0 Å². The number of nitrogens with zero attached hydrogens (tertiary/aromatic N) is 2. The first-order valence-electron chi connectivity index (χ1n) is 7.42. The minimum Gasteiger partial charge on any atom is -0.128 e. The van der Waals surface area contributed by atoms with Crippen LogP contribution in [0, 0.1) is 6.92 Å². The van der Waals surface area contributed by atoms with E-state index < -0.39 is 0 Å². The molecule has 0 amide bonds. The molecule has 0 fully saturated rings. The first kappa shape index (κ1) is 13.6. The van der Waals surface area contributed by atoms with Crippen LogP contribution in [0.5, 0.6) is 0 Å². The van der Waals surface area contributed by atoms with E-state index in [0.29, 0.717) is 0 Å². The zero-order chi connectivity index (χ0) is 14.7. The molecule has 1 aromatic heterocycles. The lowest BCUT2D eigenvalue weighted by molar-refractivity contribution is -0.744. The van der Waals surface area contributed by atoms with Crippen molar-refractivity contribution in [3.8, 4) is 5.69 Å². The Kier molecular flexibility index (Phi) is 3.87. The van der Waals surface area contributed by atoms with Gasteiger partial charge in [0.15, 0.2) is 13.2 Å². The molecule has 0 bridgehead atoms. The SMILES string of the molecule is Cc1c(CCc2ccccc2)cccc1-n1ccc[n+]1C. The Balaban J connectivity index is 1.86. The van der Waals surface area contributed by atoms with Crippen LogP contribution in [0.4, 0.5) is 0 Å². The van der Waals surface area contributed by atoms with Crippen molar-refractivity contribution in [2.75, 3.05) is 0 Å². The molecule has 0 spiro atoms. The normalized spacial score (nSPS) is 10.8. The molecule has 0 radical (unpaired) electrons. The van der Waals surface area contributed by atoms with Crippen LogP contribution in [-0.4, -0.2) is 4.68 Å². The summed E-state index contributed by atoms with van der Waals surface area (Å²) in [6.45, 7) is 2.22. The number of rotatable bonds is 4. The van der Waals surface area contributed by atoms with Crippen molar-refractivity contribution >= 4 is 0 Å². The lowest BCUT2D eigenvalue weighted by Gasteiger charge is -2.10. The van der Waals surface area contributed by atoms with E-state index in [1.54, 1.807) is 0 Å². The minimum atomic E-state index is 1.08. The highest BCUT2D eigenvalue weighted by molar-refractivity contribution is 5.44. The first-order chi connectivity index (χ1) is 10.3. The predicted molar refractivity (Wildman–Crippen MR) is 85.5 cm³/mol. The third-order valence-electron chi connectivity index (χ3n) is 4.06. The second-order valence-corrected chi connectivity index (χ2v) is 5.46. The Morgan fingerprint density at radius 3 is 2.43 bits per heavy atom. The minimum absolute atomic E-state index is 1.08. The molecule has 0 saturated carbocycles. The van der Waals surface area contributed by atoms with Gasteiger partial charge in [-0.3, -0.25) is 0 Å². The molecule has 2 nitrogen and oxygen atoms in total. The molecule has 0 unspecified atom stereocenters. The van der Waals surface area contributed by atoms with Crippen LogP contribution in [0.25, 0.3) is 5.69 Å². The zero-order valence-electron chi connectivity index (χ0n) is 12.7. The molecule has 2 aromatic carbocycles. The van der Waals surface area contributed by atoms with Crippen molar-refractivity contribution in [2.45, 2.75) is 19.8 Å². The van der Waals surface area contributed by atoms with Gasteiger partial charge in [-0.1, -0.05) is 42.5 Å². The maximum Gasteiger partial charge on any atom is 0.195 e. The van der Waals surface area contributed by atoms with Crippen molar-refractivity contribution < 1.29 is 4.68 Å². The number of hydrogen-bond donors (Lipinski definition) is 0. The topological polar surface area (TPSA) is 8.81 Å². The van der Waals surface area contributed by atoms with Gasteiger partial charge in [-0.2, -0.15) is 0 Å². The summed E-state index contributed by atoms with van der Waals surface area (Å²) in [5.74, 6) is 0. The predicted octanol–water partition coefficient (Wildman–Crippen LogP) is 3.40. The molecular formula is C19H21N2+. The Bertz CT molecular complexity index is 726. The highest BCUT2D eigenvalue weighted by atomic mass is 15.4. The van der Waals surface area contributed by atoms with E-state index in [-0.39, 0.29) is 0 Å². The second-order valence-electron chi connectivity index (χ2n) is 5.46. The van der Waals surface area contributed by atoms with E-state index in [1.165, 1.54) is 22.4 Å².